The molecule has 0 amide bonds. The third-order valence-corrected chi connectivity index (χ3v) is 5.50. The number of anilines is 2. The Morgan fingerprint density at radius 2 is 1.75 bits per heavy atom. The van der Waals surface area contributed by atoms with Gasteiger partial charge in [0.2, 0.25) is 5.88 Å². The van der Waals surface area contributed by atoms with Gasteiger partial charge >= 0.3 is 0 Å². The van der Waals surface area contributed by atoms with Gasteiger partial charge in [-0.05, 0) is 55.7 Å². The first kappa shape index (κ1) is 17.2. The van der Waals surface area contributed by atoms with Crippen molar-refractivity contribution in [1.29, 1.82) is 0 Å². The van der Waals surface area contributed by atoms with Gasteiger partial charge in [-0.2, -0.15) is 10.1 Å². The third-order valence-electron chi connectivity index (χ3n) is 5.50. The summed E-state index contributed by atoms with van der Waals surface area (Å²) in [6.45, 7) is 0. The highest BCUT2D eigenvalue weighted by molar-refractivity contribution is 5.92. The Labute approximate surface area is 163 Å². The molecule has 0 bridgehead atoms. The van der Waals surface area contributed by atoms with E-state index in [1.54, 1.807) is 14.2 Å². The molecule has 0 atom stereocenters. The first-order chi connectivity index (χ1) is 13.7. The molecule has 7 nitrogen and oxygen atoms in total. The number of nitrogens with zero attached hydrogens (tertiary/aromatic N) is 2. The van der Waals surface area contributed by atoms with Gasteiger partial charge in [0.1, 0.15) is 11.9 Å². The number of aromatic amines is 1. The van der Waals surface area contributed by atoms with Crippen LogP contribution in [0.1, 0.15) is 43.7 Å². The van der Waals surface area contributed by atoms with Crippen molar-refractivity contribution in [2.45, 2.75) is 44.1 Å². The van der Waals surface area contributed by atoms with E-state index < -0.39 is 0 Å². The summed E-state index contributed by atoms with van der Waals surface area (Å²) < 4.78 is 17.1. The fraction of sp³-hybridized carbons (Fsp3) is 0.429. The van der Waals surface area contributed by atoms with Crippen LogP contribution < -0.4 is 19.5 Å². The fourth-order valence-corrected chi connectivity index (χ4v) is 3.48. The maximum absolute atomic E-state index is 6.19. The lowest BCUT2D eigenvalue weighted by Crippen LogP contribution is -2.25. The summed E-state index contributed by atoms with van der Waals surface area (Å²) in [6, 6.07) is 7.93. The van der Waals surface area contributed by atoms with Crippen LogP contribution in [0.15, 0.2) is 24.3 Å². The Kier molecular flexibility index (Phi) is 4.22. The minimum absolute atomic E-state index is 0.228. The molecule has 2 aliphatic carbocycles. The van der Waals surface area contributed by atoms with Crippen LogP contribution in [0.4, 0.5) is 11.6 Å². The topological polar surface area (TPSA) is 81.3 Å². The van der Waals surface area contributed by atoms with E-state index in [9.17, 15) is 0 Å². The average molecular weight is 380 g/mol. The van der Waals surface area contributed by atoms with Gasteiger partial charge < -0.3 is 19.5 Å². The summed E-state index contributed by atoms with van der Waals surface area (Å²) >= 11 is 0. The smallest absolute Gasteiger partial charge is 0.223 e. The molecule has 28 heavy (non-hydrogen) atoms. The number of aromatic nitrogens is 3. The molecule has 2 saturated carbocycles. The van der Waals surface area contributed by atoms with Crippen LogP contribution in [0.25, 0.3) is 10.8 Å². The highest BCUT2D eigenvalue weighted by Crippen LogP contribution is 2.41. The largest absolute Gasteiger partial charge is 0.493 e. The number of methoxy groups -OCH3 is 2. The fourth-order valence-electron chi connectivity index (χ4n) is 3.48. The van der Waals surface area contributed by atoms with Crippen LogP contribution in [-0.2, 0) is 0 Å². The van der Waals surface area contributed by atoms with Gasteiger partial charge in [-0.15, -0.1) is 0 Å². The second kappa shape index (κ2) is 6.89. The lowest BCUT2D eigenvalue weighted by atomic mass is 9.96. The zero-order chi connectivity index (χ0) is 19.1. The molecule has 0 radical (unpaired) electrons. The van der Waals surface area contributed by atoms with Crippen molar-refractivity contribution < 1.29 is 14.2 Å². The molecule has 146 valence electrons. The molecule has 2 fully saturated rings. The highest BCUT2D eigenvalue weighted by Gasteiger charge is 2.26. The third kappa shape index (κ3) is 3.21. The van der Waals surface area contributed by atoms with Crippen LogP contribution in [-0.4, -0.2) is 35.5 Å². The van der Waals surface area contributed by atoms with Gasteiger partial charge in [0, 0.05) is 23.1 Å². The first-order valence-electron chi connectivity index (χ1n) is 9.79. The maximum Gasteiger partial charge on any atom is 0.223 e. The van der Waals surface area contributed by atoms with Crippen molar-refractivity contribution >= 4 is 22.4 Å². The Bertz CT molecular complexity index is 1010. The number of hydrogen-bond donors (Lipinski definition) is 2. The summed E-state index contributed by atoms with van der Waals surface area (Å²) in [5, 5.41) is 12.7. The molecule has 2 aliphatic rings. The molecule has 2 heterocycles. The van der Waals surface area contributed by atoms with Crippen molar-refractivity contribution in [1.82, 2.24) is 15.2 Å². The zero-order valence-electron chi connectivity index (χ0n) is 16.1. The van der Waals surface area contributed by atoms with E-state index in [0.717, 1.165) is 29.4 Å². The van der Waals surface area contributed by atoms with Gasteiger partial charge in [-0.3, -0.25) is 5.10 Å². The second-order valence-corrected chi connectivity index (χ2v) is 7.52. The Morgan fingerprint density at radius 1 is 0.964 bits per heavy atom. The van der Waals surface area contributed by atoms with E-state index >= 15 is 0 Å². The standard InChI is InChI=1S/C21H24N4O3/c1-26-17-8-13-9-19(22-20-11-16(24-25-20)12-6-7-12)23-21(28-14-4-3-5-14)15(13)10-18(17)27-2/h8-12,14H,3-7H2,1-2H3,(H2,22,23,24,25). The van der Waals surface area contributed by atoms with Crippen LogP contribution in [0.3, 0.4) is 0 Å². The maximum atomic E-state index is 6.19. The summed E-state index contributed by atoms with van der Waals surface area (Å²) in [5.74, 6) is 4.05. The minimum Gasteiger partial charge on any atom is -0.493 e. The van der Waals surface area contributed by atoms with Crippen molar-refractivity contribution in [3.8, 4) is 17.4 Å². The number of pyridine rings is 1. The lowest BCUT2D eigenvalue weighted by Gasteiger charge is -2.26. The van der Waals surface area contributed by atoms with Crippen LogP contribution in [0.2, 0.25) is 0 Å². The predicted octanol–water partition coefficient (Wildman–Crippen LogP) is 4.53. The summed E-state index contributed by atoms with van der Waals surface area (Å²) in [5.41, 5.74) is 1.18. The van der Waals surface area contributed by atoms with Crippen molar-refractivity contribution in [2.24, 2.45) is 0 Å². The van der Waals surface area contributed by atoms with Crippen molar-refractivity contribution in [3.05, 3.63) is 30.0 Å². The average Bonchev–Trinajstić information content (AvgIpc) is 3.43. The number of nitrogens with one attached hydrogen (secondary N) is 2. The molecule has 0 spiro atoms. The van der Waals surface area contributed by atoms with Crippen molar-refractivity contribution in [3.63, 3.8) is 0 Å². The predicted molar refractivity (Wildman–Crippen MR) is 107 cm³/mol. The van der Waals surface area contributed by atoms with Gasteiger partial charge in [-0.25, -0.2) is 0 Å². The second-order valence-electron chi connectivity index (χ2n) is 7.52. The van der Waals surface area contributed by atoms with E-state index in [4.69, 9.17) is 19.2 Å². The van der Waals surface area contributed by atoms with Crippen LogP contribution in [0, 0.1) is 0 Å². The SMILES string of the molecule is COc1cc2cc(Nc3cc(C4CC4)[nH]n3)nc(OC3CCC3)c2cc1OC. The molecule has 3 aromatic rings. The van der Waals surface area contributed by atoms with E-state index in [2.05, 4.69) is 21.6 Å². The first-order valence-corrected chi connectivity index (χ1v) is 9.79. The number of H-pyrrole nitrogens is 1. The highest BCUT2D eigenvalue weighted by atomic mass is 16.5. The molecule has 2 aromatic heterocycles. The van der Waals surface area contributed by atoms with E-state index in [1.165, 1.54) is 25.0 Å². The van der Waals surface area contributed by atoms with E-state index in [1.807, 2.05) is 18.2 Å². The van der Waals surface area contributed by atoms with Gasteiger partial charge in [0.05, 0.1) is 14.2 Å². The monoisotopic (exact) mass is 380 g/mol. The Morgan fingerprint density at radius 3 is 2.43 bits per heavy atom. The molecule has 0 aliphatic heterocycles. The van der Waals surface area contributed by atoms with Gasteiger partial charge in [0.25, 0.3) is 0 Å². The van der Waals surface area contributed by atoms with E-state index in [0.29, 0.717) is 29.1 Å². The number of hydrogen-bond acceptors (Lipinski definition) is 6. The minimum atomic E-state index is 0.228. The number of ether oxygens (including phenoxy) is 3. The Hall–Kier alpha value is -2.96. The zero-order valence-corrected chi connectivity index (χ0v) is 16.1. The number of rotatable bonds is 7. The van der Waals surface area contributed by atoms with Gasteiger partial charge in [-0.1, -0.05) is 0 Å². The molecular weight excluding hydrogens is 356 g/mol. The molecule has 0 unspecified atom stereocenters. The van der Waals surface area contributed by atoms with E-state index in [-0.39, 0.29) is 6.10 Å². The Balaban J connectivity index is 1.53. The van der Waals surface area contributed by atoms with Crippen LogP contribution >= 0.6 is 0 Å². The summed E-state index contributed by atoms with van der Waals surface area (Å²) in [6.07, 6.45) is 6.03. The molecule has 1 aromatic carbocycles. The summed E-state index contributed by atoms with van der Waals surface area (Å²) in [4.78, 5) is 4.74. The van der Waals surface area contributed by atoms with Crippen molar-refractivity contribution in [2.75, 3.05) is 19.5 Å². The quantitative estimate of drug-likeness (QED) is 0.627. The number of fused-ring (bicyclic) bond motifs is 1. The number of benzene rings is 1. The normalized spacial score (nSPS) is 16.6. The molecule has 2 N–H and O–H groups in total. The summed E-state index contributed by atoms with van der Waals surface area (Å²) in [7, 11) is 3.27. The molecular formula is C21H24N4O3. The molecule has 0 saturated heterocycles. The molecule has 5 rings (SSSR count). The molecule has 7 heteroatoms. The lowest BCUT2D eigenvalue weighted by molar-refractivity contribution is 0.117. The van der Waals surface area contributed by atoms with Gasteiger partial charge in [0.15, 0.2) is 17.3 Å². The van der Waals surface area contributed by atoms with Crippen LogP contribution in [0.5, 0.6) is 17.4 Å².